The average Bonchev–Trinajstić information content (AvgIpc) is 2.59. The number of hydrogen-bond acceptors (Lipinski definition) is 4. The minimum atomic E-state index is -0.0171. The van der Waals surface area contributed by atoms with Gasteiger partial charge in [-0.25, -0.2) is 0 Å². The van der Waals surface area contributed by atoms with Gasteiger partial charge < -0.3 is 19.7 Å². The van der Waals surface area contributed by atoms with E-state index in [2.05, 4.69) is 21.2 Å². The lowest BCUT2D eigenvalue weighted by Gasteiger charge is -2.32. The zero-order chi connectivity index (χ0) is 19.1. The number of carbonyl (C=O) groups is 2. The van der Waals surface area contributed by atoms with Gasteiger partial charge in [0.1, 0.15) is 0 Å². The summed E-state index contributed by atoms with van der Waals surface area (Å²) in [5.41, 5.74) is 0.880. The zero-order valence-corrected chi connectivity index (χ0v) is 17.2. The first kappa shape index (κ1) is 20.6. The van der Waals surface area contributed by atoms with E-state index in [0.717, 1.165) is 22.9 Å². The first-order valence-electron chi connectivity index (χ1n) is 9.07. The third-order valence-electron chi connectivity index (χ3n) is 4.31. The van der Waals surface area contributed by atoms with Crippen molar-refractivity contribution in [3.05, 3.63) is 22.2 Å². The Morgan fingerprint density at radius 1 is 1.15 bits per heavy atom. The van der Waals surface area contributed by atoms with Gasteiger partial charge in [0.15, 0.2) is 11.5 Å². The van der Waals surface area contributed by atoms with Crippen LogP contribution < -0.4 is 14.8 Å². The standard InChI is InChI=1S/C19H27BrN2O4/c1-4-25-17-10-14(16(20)12-18(17)26-5-2)11-19(24)22-8-6-15(7-9-22)21-13(3)23/h10,12,15H,4-9,11H2,1-3H3,(H,21,23). The number of halogens is 1. The van der Waals surface area contributed by atoms with Crippen molar-refractivity contribution in [3.8, 4) is 11.5 Å². The van der Waals surface area contributed by atoms with Crippen LogP contribution >= 0.6 is 15.9 Å². The van der Waals surface area contributed by atoms with Gasteiger partial charge in [0, 0.05) is 30.5 Å². The number of rotatable bonds is 7. The molecule has 2 amide bonds. The number of benzene rings is 1. The minimum Gasteiger partial charge on any atom is -0.490 e. The number of nitrogens with one attached hydrogen (secondary N) is 1. The van der Waals surface area contributed by atoms with Crippen LogP contribution in [-0.2, 0) is 16.0 Å². The Bertz CT molecular complexity index is 643. The lowest BCUT2D eigenvalue weighted by atomic mass is 10.0. The monoisotopic (exact) mass is 426 g/mol. The van der Waals surface area contributed by atoms with Crippen molar-refractivity contribution in [2.45, 2.75) is 46.1 Å². The third kappa shape index (κ3) is 5.62. The van der Waals surface area contributed by atoms with Gasteiger partial charge >= 0.3 is 0 Å². The van der Waals surface area contributed by atoms with E-state index < -0.39 is 0 Å². The average molecular weight is 427 g/mol. The zero-order valence-electron chi connectivity index (χ0n) is 15.6. The molecule has 2 rings (SSSR count). The van der Waals surface area contributed by atoms with E-state index in [4.69, 9.17) is 9.47 Å². The van der Waals surface area contributed by atoms with Gasteiger partial charge in [-0.1, -0.05) is 15.9 Å². The summed E-state index contributed by atoms with van der Waals surface area (Å²) in [5.74, 6) is 1.40. The summed E-state index contributed by atoms with van der Waals surface area (Å²) < 4.78 is 12.1. The topological polar surface area (TPSA) is 67.9 Å². The summed E-state index contributed by atoms with van der Waals surface area (Å²) in [7, 11) is 0. The van der Waals surface area contributed by atoms with Crippen LogP contribution in [0.15, 0.2) is 16.6 Å². The molecular formula is C19H27BrN2O4. The second-order valence-corrected chi connectivity index (χ2v) is 7.14. The first-order chi connectivity index (χ1) is 12.4. The van der Waals surface area contributed by atoms with Crippen LogP contribution in [0.5, 0.6) is 11.5 Å². The maximum absolute atomic E-state index is 12.7. The molecule has 1 aliphatic heterocycles. The molecule has 1 fully saturated rings. The number of nitrogens with zero attached hydrogens (tertiary/aromatic N) is 1. The maximum atomic E-state index is 12.7. The largest absolute Gasteiger partial charge is 0.490 e. The van der Waals surface area contributed by atoms with Crippen LogP contribution in [0.2, 0.25) is 0 Å². The molecule has 1 heterocycles. The molecule has 1 aliphatic rings. The molecule has 0 spiro atoms. The Kier molecular flexibility index (Phi) is 7.75. The predicted octanol–water partition coefficient (Wildman–Crippen LogP) is 2.92. The van der Waals surface area contributed by atoms with Crippen molar-refractivity contribution in [1.82, 2.24) is 10.2 Å². The molecule has 7 heteroatoms. The number of carbonyl (C=O) groups excluding carboxylic acids is 2. The molecule has 0 aromatic heterocycles. The quantitative estimate of drug-likeness (QED) is 0.727. The van der Waals surface area contributed by atoms with Gasteiger partial charge in [-0.15, -0.1) is 0 Å². The molecule has 0 bridgehead atoms. The van der Waals surface area contributed by atoms with Crippen molar-refractivity contribution >= 4 is 27.7 Å². The lowest BCUT2D eigenvalue weighted by molar-refractivity contribution is -0.131. The molecule has 1 N–H and O–H groups in total. The van der Waals surface area contributed by atoms with E-state index in [9.17, 15) is 9.59 Å². The molecule has 6 nitrogen and oxygen atoms in total. The Balaban J connectivity index is 2.02. The summed E-state index contributed by atoms with van der Waals surface area (Å²) in [6, 6.07) is 3.90. The molecule has 0 atom stereocenters. The molecule has 0 aliphatic carbocycles. The van der Waals surface area contributed by atoms with Gasteiger partial charge in [-0.3, -0.25) is 9.59 Å². The van der Waals surface area contributed by atoms with E-state index >= 15 is 0 Å². The highest BCUT2D eigenvalue weighted by atomic mass is 79.9. The normalized spacial score (nSPS) is 14.8. The Morgan fingerprint density at radius 3 is 2.27 bits per heavy atom. The Hall–Kier alpha value is -1.76. The molecule has 26 heavy (non-hydrogen) atoms. The Morgan fingerprint density at radius 2 is 1.73 bits per heavy atom. The minimum absolute atomic E-state index is 0.0171. The smallest absolute Gasteiger partial charge is 0.227 e. The SMILES string of the molecule is CCOc1cc(Br)c(CC(=O)N2CCC(NC(C)=O)CC2)cc1OCC. The van der Waals surface area contributed by atoms with E-state index in [1.54, 1.807) is 0 Å². The number of hydrogen-bond donors (Lipinski definition) is 1. The summed E-state index contributed by atoms with van der Waals surface area (Å²) >= 11 is 3.54. The van der Waals surface area contributed by atoms with Gasteiger partial charge in [0.25, 0.3) is 0 Å². The van der Waals surface area contributed by atoms with Crippen LogP contribution in [0, 0.1) is 0 Å². The second kappa shape index (κ2) is 9.80. The number of piperidine rings is 1. The van der Waals surface area contributed by atoms with Crippen molar-refractivity contribution < 1.29 is 19.1 Å². The molecule has 0 unspecified atom stereocenters. The van der Waals surface area contributed by atoms with E-state index in [1.807, 2.05) is 30.9 Å². The molecular weight excluding hydrogens is 400 g/mol. The van der Waals surface area contributed by atoms with Crippen LogP contribution in [0.3, 0.4) is 0 Å². The van der Waals surface area contributed by atoms with Crippen LogP contribution in [-0.4, -0.2) is 49.1 Å². The van der Waals surface area contributed by atoms with Crippen molar-refractivity contribution in [1.29, 1.82) is 0 Å². The number of ether oxygens (including phenoxy) is 2. The van der Waals surface area contributed by atoms with Gasteiger partial charge in [-0.2, -0.15) is 0 Å². The fourth-order valence-electron chi connectivity index (χ4n) is 3.08. The summed E-state index contributed by atoms with van der Waals surface area (Å²) in [4.78, 5) is 25.7. The van der Waals surface area contributed by atoms with Crippen molar-refractivity contribution in [2.24, 2.45) is 0 Å². The summed E-state index contributed by atoms with van der Waals surface area (Å²) in [6.07, 6.45) is 1.89. The first-order valence-corrected chi connectivity index (χ1v) is 9.86. The second-order valence-electron chi connectivity index (χ2n) is 6.29. The number of likely N-dealkylation sites (tertiary alicyclic amines) is 1. The van der Waals surface area contributed by atoms with E-state index in [1.165, 1.54) is 6.92 Å². The fourth-order valence-corrected chi connectivity index (χ4v) is 3.55. The predicted molar refractivity (Wildman–Crippen MR) is 104 cm³/mol. The van der Waals surface area contributed by atoms with Crippen molar-refractivity contribution in [2.75, 3.05) is 26.3 Å². The van der Waals surface area contributed by atoms with Crippen LogP contribution in [0.25, 0.3) is 0 Å². The van der Waals surface area contributed by atoms with E-state index in [0.29, 0.717) is 44.2 Å². The summed E-state index contributed by atoms with van der Waals surface area (Å²) in [5, 5.41) is 2.92. The highest BCUT2D eigenvalue weighted by Crippen LogP contribution is 2.34. The highest BCUT2D eigenvalue weighted by Gasteiger charge is 2.24. The summed E-state index contributed by atoms with van der Waals surface area (Å²) in [6.45, 7) is 7.78. The van der Waals surface area contributed by atoms with Crippen molar-refractivity contribution in [3.63, 3.8) is 0 Å². The molecule has 0 saturated carbocycles. The highest BCUT2D eigenvalue weighted by molar-refractivity contribution is 9.10. The van der Waals surface area contributed by atoms with E-state index in [-0.39, 0.29) is 17.9 Å². The molecule has 0 radical (unpaired) electrons. The van der Waals surface area contributed by atoms with Gasteiger partial charge in [-0.05, 0) is 44.4 Å². The van der Waals surface area contributed by atoms with Gasteiger partial charge in [0.2, 0.25) is 11.8 Å². The third-order valence-corrected chi connectivity index (χ3v) is 5.05. The lowest BCUT2D eigenvalue weighted by Crippen LogP contribution is -2.46. The van der Waals surface area contributed by atoms with Crippen LogP contribution in [0.4, 0.5) is 0 Å². The fraction of sp³-hybridized carbons (Fsp3) is 0.579. The Labute approximate surface area is 163 Å². The molecule has 144 valence electrons. The van der Waals surface area contributed by atoms with Crippen LogP contribution in [0.1, 0.15) is 39.2 Å². The van der Waals surface area contributed by atoms with Gasteiger partial charge in [0.05, 0.1) is 19.6 Å². The molecule has 1 aromatic carbocycles. The molecule has 1 saturated heterocycles. The molecule has 1 aromatic rings. The maximum Gasteiger partial charge on any atom is 0.227 e. The number of amides is 2.